The smallest absolute Gasteiger partial charge is 0.259 e. The van der Waals surface area contributed by atoms with Crippen LogP contribution in [0.15, 0.2) is 48.1 Å². The molecule has 1 amide bonds. The Balaban J connectivity index is 1.15. The second-order valence-electron chi connectivity index (χ2n) is 7.19. The van der Waals surface area contributed by atoms with Gasteiger partial charge in [-0.05, 0) is 37.2 Å². The van der Waals surface area contributed by atoms with E-state index in [0.29, 0.717) is 16.4 Å². The third kappa shape index (κ3) is 5.74. The molecule has 2 N–H and O–H groups in total. The lowest BCUT2D eigenvalue weighted by atomic mass is 10.2. The molecule has 0 atom stereocenters. The molecule has 1 aliphatic heterocycles. The van der Waals surface area contributed by atoms with Crippen LogP contribution in [0, 0.1) is 5.82 Å². The highest BCUT2D eigenvalue weighted by Crippen LogP contribution is 2.20. The Morgan fingerprint density at radius 2 is 1.97 bits per heavy atom. The Labute approximate surface area is 184 Å². The van der Waals surface area contributed by atoms with Crippen LogP contribution in [0.5, 0.6) is 0 Å². The van der Waals surface area contributed by atoms with Crippen molar-refractivity contribution in [1.82, 2.24) is 20.1 Å². The van der Waals surface area contributed by atoms with E-state index < -0.39 is 0 Å². The molecular formula is C21H24FN7OS. The van der Waals surface area contributed by atoms with Crippen LogP contribution >= 0.6 is 11.3 Å². The first-order valence-electron chi connectivity index (χ1n) is 10.2. The topological polar surface area (TPSA) is 86.3 Å². The number of nitrogens with one attached hydrogen (secondary N) is 2. The normalized spacial score (nSPS) is 14.4. The molecule has 3 aromatic rings. The summed E-state index contributed by atoms with van der Waals surface area (Å²) < 4.78 is 13.9. The van der Waals surface area contributed by atoms with Gasteiger partial charge in [-0.15, -0.1) is 10.2 Å². The van der Waals surface area contributed by atoms with Crippen LogP contribution in [0.4, 0.5) is 21.0 Å². The first-order chi connectivity index (χ1) is 15.2. The molecule has 1 aromatic carbocycles. The Bertz CT molecular complexity index is 976. The molecule has 1 fully saturated rings. The van der Waals surface area contributed by atoms with E-state index in [1.807, 2.05) is 12.1 Å². The molecule has 0 unspecified atom stereocenters. The van der Waals surface area contributed by atoms with Crippen molar-refractivity contribution in [2.45, 2.75) is 6.42 Å². The van der Waals surface area contributed by atoms with Crippen LogP contribution in [-0.4, -0.2) is 65.3 Å². The van der Waals surface area contributed by atoms with Crippen LogP contribution in [-0.2, 0) is 0 Å². The predicted octanol–water partition coefficient (Wildman–Crippen LogP) is 2.95. The zero-order valence-corrected chi connectivity index (χ0v) is 17.8. The van der Waals surface area contributed by atoms with Crippen molar-refractivity contribution in [1.29, 1.82) is 0 Å². The third-order valence-corrected chi connectivity index (χ3v) is 5.74. The zero-order valence-electron chi connectivity index (χ0n) is 17.0. The van der Waals surface area contributed by atoms with Gasteiger partial charge in [-0.2, -0.15) is 0 Å². The number of carbonyl (C=O) groups is 1. The maximum Gasteiger partial charge on any atom is 0.259 e. The number of nitrogens with zero attached hydrogens (tertiary/aromatic N) is 5. The monoisotopic (exact) mass is 441 g/mol. The minimum atomic E-state index is -0.259. The SMILES string of the molecule is O=C(Nc1nncs1)c1ccc(NCCCN2CCN(c3ccccc3F)CC2)nc1. The van der Waals surface area contributed by atoms with Gasteiger partial charge in [0.1, 0.15) is 17.1 Å². The van der Waals surface area contributed by atoms with E-state index in [-0.39, 0.29) is 11.7 Å². The van der Waals surface area contributed by atoms with E-state index in [9.17, 15) is 9.18 Å². The van der Waals surface area contributed by atoms with Crippen molar-refractivity contribution in [2.75, 3.05) is 54.8 Å². The number of aromatic nitrogens is 3. The molecule has 0 saturated carbocycles. The summed E-state index contributed by atoms with van der Waals surface area (Å²) in [5.74, 6) is 0.318. The number of piperazine rings is 1. The van der Waals surface area contributed by atoms with E-state index in [1.54, 1.807) is 29.9 Å². The Hall–Kier alpha value is -3.11. The summed E-state index contributed by atoms with van der Waals surface area (Å²) in [6.45, 7) is 5.26. The summed E-state index contributed by atoms with van der Waals surface area (Å²) in [5.41, 5.74) is 2.72. The number of hydrogen-bond acceptors (Lipinski definition) is 8. The van der Waals surface area contributed by atoms with Gasteiger partial charge in [0, 0.05) is 38.9 Å². The van der Waals surface area contributed by atoms with Crippen LogP contribution < -0.4 is 15.5 Å². The van der Waals surface area contributed by atoms with Gasteiger partial charge in [-0.3, -0.25) is 15.0 Å². The minimum absolute atomic E-state index is 0.156. The molecule has 162 valence electrons. The fraction of sp³-hybridized carbons (Fsp3) is 0.333. The van der Waals surface area contributed by atoms with Crippen molar-refractivity contribution < 1.29 is 9.18 Å². The minimum Gasteiger partial charge on any atom is -0.370 e. The molecule has 10 heteroatoms. The average molecular weight is 442 g/mol. The second kappa shape index (κ2) is 10.3. The summed E-state index contributed by atoms with van der Waals surface area (Å²) in [6, 6.07) is 10.5. The summed E-state index contributed by atoms with van der Waals surface area (Å²) in [4.78, 5) is 20.9. The number of pyridine rings is 1. The largest absolute Gasteiger partial charge is 0.370 e. The molecule has 1 aliphatic rings. The third-order valence-electron chi connectivity index (χ3n) is 5.13. The molecular weight excluding hydrogens is 417 g/mol. The van der Waals surface area contributed by atoms with E-state index in [0.717, 1.165) is 51.5 Å². The zero-order chi connectivity index (χ0) is 21.5. The first kappa shape index (κ1) is 21.1. The van der Waals surface area contributed by atoms with Gasteiger partial charge in [0.25, 0.3) is 5.91 Å². The highest BCUT2D eigenvalue weighted by atomic mass is 32.1. The standard InChI is InChI=1S/C21H24FN7OS/c22-17-4-1-2-5-18(17)29-12-10-28(11-13-29)9-3-8-23-19-7-6-16(14-24-19)20(30)26-21-27-25-15-31-21/h1-2,4-7,14-15H,3,8-13H2,(H,23,24)(H,26,27,30). The molecule has 0 bridgehead atoms. The number of hydrogen-bond donors (Lipinski definition) is 2. The van der Waals surface area contributed by atoms with Gasteiger partial charge >= 0.3 is 0 Å². The Morgan fingerprint density at radius 3 is 2.68 bits per heavy atom. The van der Waals surface area contributed by atoms with Crippen LogP contribution in [0.2, 0.25) is 0 Å². The number of rotatable bonds is 8. The van der Waals surface area contributed by atoms with E-state index >= 15 is 0 Å². The van der Waals surface area contributed by atoms with Crippen molar-refractivity contribution in [3.63, 3.8) is 0 Å². The number of halogens is 1. The lowest BCUT2D eigenvalue weighted by Gasteiger charge is -2.36. The van der Waals surface area contributed by atoms with E-state index in [1.165, 1.54) is 17.4 Å². The highest BCUT2D eigenvalue weighted by molar-refractivity contribution is 7.13. The van der Waals surface area contributed by atoms with Crippen LogP contribution in [0.3, 0.4) is 0 Å². The van der Waals surface area contributed by atoms with Gasteiger partial charge in [-0.25, -0.2) is 9.37 Å². The summed E-state index contributed by atoms with van der Waals surface area (Å²) in [5, 5.41) is 13.9. The maximum absolute atomic E-state index is 13.9. The van der Waals surface area contributed by atoms with Crippen LogP contribution in [0.25, 0.3) is 0 Å². The summed E-state index contributed by atoms with van der Waals surface area (Å²) >= 11 is 1.26. The molecule has 3 heterocycles. The number of anilines is 3. The van der Waals surface area contributed by atoms with Gasteiger partial charge in [0.2, 0.25) is 5.13 Å². The average Bonchev–Trinajstić information content (AvgIpc) is 3.31. The number of para-hydroxylation sites is 1. The number of carbonyl (C=O) groups excluding carboxylic acids is 1. The molecule has 0 aliphatic carbocycles. The molecule has 0 spiro atoms. The van der Waals surface area contributed by atoms with Crippen molar-refractivity contribution >= 4 is 33.9 Å². The molecule has 31 heavy (non-hydrogen) atoms. The lowest BCUT2D eigenvalue weighted by molar-refractivity contribution is 0.102. The second-order valence-corrected chi connectivity index (χ2v) is 8.02. The number of amides is 1. The van der Waals surface area contributed by atoms with Crippen LogP contribution in [0.1, 0.15) is 16.8 Å². The Kier molecular flexibility index (Phi) is 7.00. The summed E-state index contributed by atoms with van der Waals surface area (Å²) in [6.07, 6.45) is 2.52. The maximum atomic E-state index is 13.9. The fourth-order valence-electron chi connectivity index (χ4n) is 3.47. The highest BCUT2D eigenvalue weighted by Gasteiger charge is 2.18. The molecule has 0 radical (unpaired) electrons. The summed E-state index contributed by atoms with van der Waals surface area (Å²) in [7, 11) is 0. The first-order valence-corrected chi connectivity index (χ1v) is 11.1. The lowest BCUT2D eigenvalue weighted by Crippen LogP contribution is -2.47. The van der Waals surface area contributed by atoms with Gasteiger partial charge in [0.15, 0.2) is 0 Å². The molecule has 2 aromatic heterocycles. The van der Waals surface area contributed by atoms with E-state index in [4.69, 9.17) is 0 Å². The molecule has 8 nitrogen and oxygen atoms in total. The predicted molar refractivity (Wildman–Crippen MR) is 120 cm³/mol. The van der Waals surface area contributed by atoms with Gasteiger partial charge in [0.05, 0.1) is 11.3 Å². The molecule has 1 saturated heterocycles. The Morgan fingerprint density at radius 1 is 1.13 bits per heavy atom. The van der Waals surface area contributed by atoms with E-state index in [2.05, 4.69) is 35.6 Å². The fourth-order valence-corrected chi connectivity index (χ4v) is 3.91. The van der Waals surface area contributed by atoms with Crippen molar-refractivity contribution in [3.05, 3.63) is 59.5 Å². The number of benzene rings is 1. The quantitative estimate of drug-likeness (QED) is 0.520. The van der Waals surface area contributed by atoms with Gasteiger partial charge in [-0.1, -0.05) is 23.5 Å². The van der Waals surface area contributed by atoms with Crippen molar-refractivity contribution in [3.8, 4) is 0 Å². The van der Waals surface area contributed by atoms with Gasteiger partial charge < -0.3 is 10.2 Å². The molecule has 4 rings (SSSR count). The van der Waals surface area contributed by atoms with Crippen molar-refractivity contribution in [2.24, 2.45) is 0 Å².